The molecule has 1 heterocycles. The quantitative estimate of drug-likeness (QED) is 0.656. The molecule has 5 heteroatoms. The fourth-order valence-electron chi connectivity index (χ4n) is 5.20. The van der Waals surface area contributed by atoms with Crippen molar-refractivity contribution in [2.45, 2.75) is 76.8 Å². The van der Waals surface area contributed by atoms with Gasteiger partial charge in [0.25, 0.3) is 0 Å². The van der Waals surface area contributed by atoms with Crippen LogP contribution in [-0.4, -0.2) is 42.7 Å². The van der Waals surface area contributed by atoms with Crippen molar-refractivity contribution in [1.82, 2.24) is 15.3 Å². The van der Waals surface area contributed by atoms with Gasteiger partial charge in [-0.25, -0.2) is 4.98 Å². The zero-order chi connectivity index (χ0) is 20.9. The first-order valence-corrected chi connectivity index (χ1v) is 12.0. The molecule has 2 aliphatic rings. The monoisotopic (exact) mass is 409 g/mol. The number of hydrogen-bond acceptors (Lipinski definition) is 5. The molecule has 0 bridgehead atoms. The van der Waals surface area contributed by atoms with Crippen molar-refractivity contribution in [2.75, 3.05) is 30.9 Å². The zero-order valence-electron chi connectivity index (χ0n) is 19.0. The van der Waals surface area contributed by atoms with E-state index in [1.165, 1.54) is 64.3 Å². The van der Waals surface area contributed by atoms with Gasteiger partial charge < -0.3 is 15.5 Å². The maximum Gasteiger partial charge on any atom is 0.225 e. The standard InChI is InChI=1S/C25H39N5/c1-18-8-10-19(11-9-18)16-17-26-20-12-14-21(15-13-20)27-25-28-23-7-5-4-6-22(23)24(29-25)30(2)3/h4-7,18-21,26H,8-17H2,1-3H3,(H,27,28,29)/t18?,19?,20-,21+. The van der Waals surface area contributed by atoms with E-state index in [9.17, 15) is 0 Å². The number of anilines is 2. The van der Waals surface area contributed by atoms with E-state index in [2.05, 4.69) is 40.7 Å². The smallest absolute Gasteiger partial charge is 0.225 e. The summed E-state index contributed by atoms with van der Waals surface area (Å²) in [6.07, 6.45) is 12.0. The highest BCUT2D eigenvalue weighted by Gasteiger charge is 2.23. The van der Waals surface area contributed by atoms with E-state index in [4.69, 9.17) is 9.97 Å². The molecule has 1 aromatic carbocycles. The SMILES string of the molecule is CC1CCC(CCN[C@H]2CC[C@@H](Nc3nc(N(C)C)c4ccccc4n3)CC2)CC1. The Morgan fingerprint density at radius 3 is 2.33 bits per heavy atom. The van der Waals surface area contributed by atoms with Gasteiger partial charge in [-0.3, -0.25) is 0 Å². The number of para-hydroxylation sites is 1. The Morgan fingerprint density at radius 1 is 0.900 bits per heavy atom. The van der Waals surface area contributed by atoms with Crippen LogP contribution >= 0.6 is 0 Å². The molecule has 4 rings (SSSR count). The number of rotatable bonds is 7. The minimum absolute atomic E-state index is 0.471. The second-order valence-corrected chi connectivity index (χ2v) is 9.84. The molecule has 0 atom stereocenters. The molecule has 2 saturated carbocycles. The summed E-state index contributed by atoms with van der Waals surface area (Å²) < 4.78 is 0. The molecule has 2 fully saturated rings. The number of benzene rings is 1. The molecule has 0 radical (unpaired) electrons. The maximum absolute atomic E-state index is 4.81. The molecule has 2 aliphatic carbocycles. The fourth-order valence-corrected chi connectivity index (χ4v) is 5.20. The van der Waals surface area contributed by atoms with Gasteiger partial charge in [-0.2, -0.15) is 4.98 Å². The molecule has 5 nitrogen and oxygen atoms in total. The maximum atomic E-state index is 4.81. The summed E-state index contributed by atoms with van der Waals surface area (Å²) >= 11 is 0. The summed E-state index contributed by atoms with van der Waals surface area (Å²) in [5.41, 5.74) is 1.01. The van der Waals surface area contributed by atoms with Crippen molar-refractivity contribution in [2.24, 2.45) is 11.8 Å². The van der Waals surface area contributed by atoms with Crippen LogP contribution in [0.1, 0.15) is 64.7 Å². The molecule has 30 heavy (non-hydrogen) atoms. The molecular formula is C25H39N5. The van der Waals surface area contributed by atoms with Crippen LogP contribution in [0.4, 0.5) is 11.8 Å². The minimum Gasteiger partial charge on any atom is -0.362 e. The average molecular weight is 410 g/mol. The third-order valence-electron chi connectivity index (χ3n) is 7.19. The summed E-state index contributed by atoms with van der Waals surface area (Å²) in [5, 5.41) is 8.58. The Labute approximate surface area is 182 Å². The van der Waals surface area contributed by atoms with Crippen LogP contribution in [0.25, 0.3) is 10.9 Å². The predicted octanol–water partition coefficient (Wildman–Crippen LogP) is 5.22. The van der Waals surface area contributed by atoms with E-state index >= 15 is 0 Å². The van der Waals surface area contributed by atoms with Crippen LogP contribution < -0.4 is 15.5 Å². The second-order valence-electron chi connectivity index (χ2n) is 9.84. The van der Waals surface area contributed by atoms with Gasteiger partial charge in [0, 0.05) is 31.6 Å². The molecule has 0 aliphatic heterocycles. The van der Waals surface area contributed by atoms with Gasteiger partial charge >= 0.3 is 0 Å². The summed E-state index contributed by atoms with van der Waals surface area (Å²) in [5.74, 6) is 3.66. The lowest BCUT2D eigenvalue weighted by atomic mass is 9.81. The molecule has 2 aromatic rings. The third kappa shape index (κ3) is 5.42. The zero-order valence-corrected chi connectivity index (χ0v) is 19.0. The van der Waals surface area contributed by atoms with E-state index in [1.54, 1.807) is 0 Å². The lowest BCUT2D eigenvalue weighted by molar-refractivity contribution is 0.266. The van der Waals surface area contributed by atoms with Gasteiger partial charge in [0.1, 0.15) is 5.82 Å². The van der Waals surface area contributed by atoms with E-state index in [-0.39, 0.29) is 0 Å². The Balaban J connectivity index is 1.25. The van der Waals surface area contributed by atoms with Crippen LogP contribution in [0.5, 0.6) is 0 Å². The van der Waals surface area contributed by atoms with Gasteiger partial charge in [-0.1, -0.05) is 44.7 Å². The second kappa shape index (κ2) is 9.95. The Bertz CT molecular complexity index is 804. The summed E-state index contributed by atoms with van der Waals surface area (Å²) in [6, 6.07) is 9.42. The highest BCUT2D eigenvalue weighted by Crippen LogP contribution is 2.30. The van der Waals surface area contributed by atoms with E-state index in [0.717, 1.165) is 34.5 Å². The first-order chi connectivity index (χ1) is 14.6. The van der Waals surface area contributed by atoms with Crippen LogP contribution in [0.2, 0.25) is 0 Å². The van der Waals surface area contributed by atoms with Crippen LogP contribution in [0.3, 0.4) is 0 Å². The molecule has 2 N–H and O–H groups in total. The molecule has 0 unspecified atom stereocenters. The Morgan fingerprint density at radius 2 is 1.60 bits per heavy atom. The molecule has 164 valence electrons. The number of fused-ring (bicyclic) bond motifs is 1. The predicted molar refractivity (Wildman–Crippen MR) is 127 cm³/mol. The minimum atomic E-state index is 0.471. The number of aromatic nitrogens is 2. The molecule has 1 aromatic heterocycles. The van der Waals surface area contributed by atoms with Gasteiger partial charge in [-0.05, 0) is 62.6 Å². The van der Waals surface area contributed by atoms with E-state index < -0.39 is 0 Å². The molecule has 0 spiro atoms. The van der Waals surface area contributed by atoms with E-state index in [1.807, 2.05) is 20.2 Å². The number of nitrogens with one attached hydrogen (secondary N) is 2. The van der Waals surface area contributed by atoms with Gasteiger partial charge in [0.15, 0.2) is 0 Å². The molecule has 0 amide bonds. The first kappa shape index (κ1) is 21.4. The van der Waals surface area contributed by atoms with E-state index in [0.29, 0.717) is 12.1 Å². The molecule has 0 saturated heterocycles. The largest absolute Gasteiger partial charge is 0.362 e. The third-order valence-corrected chi connectivity index (χ3v) is 7.19. The topological polar surface area (TPSA) is 53.1 Å². The van der Waals surface area contributed by atoms with Crippen molar-refractivity contribution < 1.29 is 0 Å². The summed E-state index contributed by atoms with van der Waals surface area (Å²) in [7, 11) is 4.09. The number of hydrogen-bond donors (Lipinski definition) is 2. The van der Waals surface area contributed by atoms with Crippen molar-refractivity contribution in [3.8, 4) is 0 Å². The van der Waals surface area contributed by atoms with Crippen LogP contribution in [0, 0.1) is 11.8 Å². The lowest BCUT2D eigenvalue weighted by Crippen LogP contribution is -2.38. The summed E-state index contributed by atoms with van der Waals surface area (Å²) in [4.78, 5) is 11.7. The van der Waals surface area contributed by atoms with Gasteiger partial charge in [-0.15, -0.1) is 0 Å². The van der Waals surface area contributed by atoms with Crippen molar-refractivity contribution in [3.63, 3.8) is 0 Å². The Kier molecular flexibility index (Phi) is 7.08. The lowest BCUT2D eigenvalue weighted by Gasteiger charge is -2.31. The van der Waals surface area contributed by atoms with Crippen molar-refractivity contribution in [3.05, 3.63) is 24.3 Å². The number of nitrogens with zero attached hydrogens (tertiary/aromatic N) is 3. The summed E-state index contributed by atoms with van der Waals surface area (Å²) in [6.45, 7) is 3.60. The van der Waals surface area contributed by atoms with Crippen molar-refractivity contribution >= 4 is 22.7 Å². The Hall–Kier alpha value is -1.88. The van der Waals surface area contributed by atoms with Crippen LogP contribution in [-0.2, 0) is 0 Å². The van der Waals surface area contributed by atoms with Gasteiger partial charge in [0.05, 0.1) is 5.52 Å². The fraction of sp³-hybridized carbons (Fsp3) is 0.680. The highest BCUT2D eigenvalue weighted by atomic mass is 15.2. The normalized spacial score (nSPS) is 27.2. The average Bonchev–Trinajstić information content (AvgIpc) is 2.76. The highest BCUT2D eigenvalue weighted by molar-refractivity contribution is 5.90. The van der Waals surface area contributed by atoms with Crippen molar-refractivity contribution in [1.29, 1.82) is 0 Å². The first-order valence-electron chi connectivity index (χ1n) is 12.0. The van der Waals surface area contributed by atoms with Gasteiger partial charge in [0.2, 0.25) is 5.95 Å². The van der Waals surface area contributed by atoms with Crippen LogP contribution in [0.15, 0.2) is 24.3 Å². The molecular weight excluding hydrogens is 370 g/mol.